The van der Waals surface area contributed by atoms with Crippen molar-refractivity contribution in [3.8, 4) is 0 Å². The Hall–Kier alpha value is -2.89. The second kappa shape index (κ2) is 7.98. The number of rotatable bonds is 8. The van der Waals surface area contributed by atoms with Gasteiger partial charge in [-0.1, -0.05) is 18.2 Å². The predicted molar refractivity (Wildman–Crippen MR) is 109 cm³/mol. The van der Waals surface area contributed by atoms with Crippen LogP contribution in [0.15, 0.2) is 24.8 Å². The fraction of sp³-hybridized carbons (Fsp3) is 0.579. The van der Waals surface area contributed by atoms with Crippen LogP contribution in [0, 0.1) is 5.92 Å². The van der Waals surface area contributed by atoms with Crippen molar-refractivity contribution in [2.24, 2.45) is 5.92 Å². The van der Waals surface area contributed by atoms with Crippen LogP contribution in [0.2, 0.25) is 0 Å². The molecule has 31 heavy (non-hydrogen) atoms. The molecule has 11 nitrogen and oxygen atoms in total. The van der Waals surface area contributed by atoms with Gasteiger partial charge in [-0.15, -0.1) is 6.58 Å². The third kappa shape index (κ3) is 4.16. The molecule has 3 aliphatic rings. The van der Waals surface area contributed by atoms with Crippen molar-refractivity contribution < 1.29 is 32.7 Å². The van der Waals surface area contributed by atoms with E-state index in [0.717, 1.165) is 0 Å². The van der Waals surface area contributed by atoms with Crippen molar-refractivity contribution in [2.75, 3.05) is 13.1 Å². The van der Waals surface area contributed by atoms with Gasteiger partial charge in [-0.3, -0.25) is 19.1 Å². The lowest BCUT2D eigenvalue weighted by Gasteiger charge is -2.42. The van der Waals surface area contributed by atoms with Crippen LogP contribution < -0.4 is 15.4 Å². The normalized spacial score (nSPS) is 28.2. The molecule has 0 radical (unpaired) electrons. The van der Waals surface area contributed by atoms with E-state index in [0.29, 0.717) is 25.7 Å². The quantitative estimate of drug-likeness (QED) is 0.358. The first kappa shape index (κ1) is 22.8. The van der Waals surface area contributed by atoms with Crippen molar-refractivity contribution in [2.45, 2.75) is 48.9 Å². The Balaban J connectivity index is 1.75. The van der Waals surface area contributed by atoms with Crippen LogP contribution in [-0.4, -0.2) is 71.7 Å². The zero-order valence-corrected chi connectivity index (χ0v) is 17.9. The fourth-order valence-corrected chi connectivity index (χ4v) is 5.02. The molecule has 1 saturated carbocycles. The Morgan fingerprint density at radius 1 is 1.29 bits per heavy atom. The Morgan fingerprint density at radius 2 is 1.97 bits per heavy atom. The van der Waals surface area contributed by atoms with Crippen LogP contribution in [0.5, 0.6) is 0 Å². The van der Waals surface area contributed by atoms with Crippen LogP contribution >= 0.6 is 0 Å². The Bertz CT molecular complexity index is 956. The standard InChI is InChI=1S/C19H26N4O7S/c1-3-12-6-7-19(12,16(26)22-31(29,30)18(2)8-9-18)21-15(25)13-5-4-10-23(13)14(24)11-20-17(27)28/h3,6-7,12-13,20H,1,4-5,8-11H2,2H3,(H,21,25)(H,22,26)(H,27,28)/t12-,13+,19-/m1/s1. The van der Waals surface area contributed by atoms with Crippen LogP contribution in [0.1, 0.15) is 32.6 Å². The molecule has 3 rings (SSSR count). The van der Waals surface area contributed by atoms with Crippen molar-refractivity contribution >= 4 is 33.8 Å². The lowest BCUT2D eigenvalue weighted by atomic mass is 9.73. The zero-order chi connectivity index (χ0) is 23.0. The van der Waals surface area contributed by atoms with Crippen molar-refractivity contribution in [1.29, 1.82) is 0 Å². The number of nitrogens with zero attached hydrogens (tertiary/aromatic N) is 1. The van der Waals surface area contributed by atoms with Gasteiger partial charge in [0, 0.05) is 12.5 Å². The lowest BCUT2D eigenvalue weighted by molar-refractivity contribution is -0.140. The number of carbonyl (C=O) groups is 4. The lowest BCUT2D eigenvalue weighted by Crippen LogP contribution is -2.67. The summed E-state index contributed by atoms with van der Waals surface area (Å²) >= 11 is 0. The molecular weight excluding hydrogens is 428 g/mol. The highest BCUT2D eigenvalue weighted by atomic mass is 32.2. The van der Waals surface area contributed by atoms with E-state index in [1.165, 1.54) is 17.1 Å². The minimum atomic E-state index is -3.92. The minimum Gasteiger partial charge on any atom is -0.465 e. The molecule has 170 valence electrons. The molecule has 4 N–H and O–H groups in total. The average Bonchev–Trinajstić information content (AvgIpc) is 3.25. The summed E-state index contributed by atoms with van der Waals surface area (Å²) in [6.45, 7) is 4.98. The van der Waals surface area contributed by atoms with Crippen LogP contribution in [0.25, 0.3) is 0 Å². The molecule has 0 aromatic heterocycles. The van der Waals surface area contributed by atoms with Crippen LogP contribution in [0.3, 0.4) is 0 Å². The van der Waals surface area contributed by atoms with E-state index in [2.05, 4.69) is 16.6 Å². The second-order valence-corrected chi connectivity index (χ2v) is 10.5. The molecule has 0 spiro atoms. The van der Waals surface area contributed by atoms with Crippen LogP contribution in [0.4, 0.5) is 4.79 Å². The minimum absolute atomic E-state index is 0.269. The van der Waals surface area contributed by atoms with Gasteiger partial charge in [0.15, 0.2) is 0 Å². The Kier molecular flexibility index (Phi) is 5.87. The van der Waals surface area contributed by atoms with Gasteiger partial charge < -0.3 is 20.6 Å². The number of likely N-dealkylation sites (tertiary alicyclic amines) is 1. The summed E-state index contributed by atoms with van der Waals surface area (Å²) in [6.07, 6.45) is 4.85. The number of amides is 4. The third-order valence-corrected chi connectivity index (χ3v) is 8.31. The largest absolute Gasteiger partial charge is 0.465 e. The molecular formula is C19H26N4O7S. The number of sulfonamides is 1. The van der Waals surface area contributed by atoms with E-state index in [4.69, 9.17) is 5.11 Å². The average molecular weight is 455 g/mol. The maximum atomic E-state index is 13.0. The number of hydrogen-bond donors (Lipinski definition) is 4. The van der Waals surface area contributed by atoms with E-state index in [-0.39, 0.29) is 6.54 Å². The van der Waals surface area contributed by atoms with Gasteiger partial charge in [0.2, 0.25) is 21.8 Å². The summed E-state index contributed by atoms with van der Waals surface area (Å²) < 4.78 is 26.1. The number of carbonyl (C=O) groups excluding carboxylic acids is 3. The molecule has 2 aliphatic carbocycles. The number of nitrogens with one attached hydrogen (secondary N) is 3. The predicted octanol–water partition coefficient (Wildman–Crippen LogP) is -0.529. The molecule has 1 aliphatic heterocycles. The van der Waals surface area contributed by atoms with Crippen LogP contribution in [-0.2, 0) is 24.4 Å². The molecule has 4 amide bonds. The molecule has 0 aromatic rings. The summed E-state index contributed by atoms with van der Waals surface area (Å²) in [4.78, 5) is 50.2. The third-order valence-electron chi connectivity index (χ3n) is 6.15. The summed E-state index contributed by atoms with van der Waals surface area (Å²) in [5.74, 6) is -2.70. The van der Waals surface area contributed by atoms with Gasteiger partial charge in [0.1, 0.15) is 18.1 Å². The summed E-state index contributed by atoms with van der Waals surface area (Å²) in [5, 5.41) is 13.3. The van der Waals surface area contributed by atoms with Gasteiger partial charge in [-0.05, 0) is 32.6 Å². The van der Waals surface area contributed by atoms with E-state index < -0.39 is 62.6 Å². The highest BCUT2D eigenvalue weighted by Crippen LogP contribution is 2.43. The van der Waals surface area contributed by atoms with E-state index >= 15 is 0 Å². The molecule has 12 heteroatoms. The Morgan fingerprint density at radius 3 is 2.48 bits per heavy atom. The molecule has 3 atom stereocenters. The molecule has 0 unspecified atom stereocenters. The molecule has 1 saturated heterocycles. The topological polar surface area (TPSA) is 162 Å². The van der Waals surface area contributed by atoms with Gasteiger partial charge in [0.25, 0.3) is 5.91 Å². The van der Waals surface area contributed by atoms with Gasteiger partial charge in [-0.2, -0.15) is 0 Å². The first-order valence-corrected chi connectivity index (χ1v) is 11.4. The second-order valence-electron chi connectivity index (χ2n) is 8.27. The summed E-state index contributed by atoms with van der Waals surface area (Å²) in [6, 6.07) is -0.898. The summed E-state index contributed by atoms with van der Waals surface area (Å²) in [7, 11) is -3.92. The van der Waals surface area contributed by atoms with Crippen molar-refractivity contribution in [1.82, 2.24) is 20.3 Å². The summed E-state index contributed by atoms with van der Waals surface area (Å²) in [5.41, 5.74) is -1.63. The fourth-order valence-electron chi connectivity index (χ4n) is 3.73. The monoisotopic (exact) mass is 454 g/mol. The van der Waals surface area contributed by atoms with Gasteiger partial charge in [0.05, 0.1) is 4.75 Å². The maximum Gasteiger partial charge on any atom is 0.405 e. The SMILES string of the molecule is C=C[C@@H]1C=C[C@]1(NC(=O)[C@@H]1CCCN1C(=O)CNC(=O)O)C(=O)NS(=O)(=O)C1(C)CC1. The zero-order valence-electron chi connectivity index (χ0n) is 17.1. The number of carboxylic acid groups (broad SMARTS) is 1. The molecule has 2 fully saturated rings. The molecule has 0 bridgehead atoms. The van der Waals surface area contributed by atoms with Crippen molar-refractivity contribution in [3.63, 3.8) is 0 Å². The van der Waals surface area contributed by atoms with Gasteiger partial charge in [-0.25, -0.2) is 13.2 Å². The first-order valence-electron chi connectivity index (χ1n) is 9.93. The maximum absolute atomic E-state index is 13.0. The van der Waals surface area contributed by atoms with Crippen molar-refractivity contribution in [3.05, 3.63) is 24.8 Å². The highest BCUT2D eigenvalue weighted by molar-refractivity contribution is 7.91. The Labute approximate surface area is 180 Å². The highest BCUT2D eigenvalue weighted by Gasteiger charge is 2.55. The first-order chi connectivity index (χ1) is 14.5. The van der Waals surface area contributed by atoms with E-state index in [9.17, 15) is 27.6 Å². The van der Waals surface area contributed by atoms with Gasteiger partial charge >= 0.3 is 6.09 Å². The van der Waals surface area contributed by atoms with E-state index in [1.807, 2.05) is 5.32 Å². The molecule has 0 aromatic carbocycles. The van der Waals surface area contributed by atoms with E-state index in [1.54, 1.807) is 13.0 Å². The molecule has 1 heterocycles. The smallest absolute Gasteiger partial charge is 0.405 e. The number of hydrogen-bond acceptors (Lipinski definition) is 6.